The molecule has 0 saturated heterocycles. The molecule has 0 saturated carbocycles. The third-order valence-corrected chi connectivity index (χ3v) is 4.01. The lowest BCUT2D eigenvalue weighted by Crippen LogP contribution is -2.40. The minimum Gasteiger partial charge on any atom is -0.336 e. The van der Waals surface area contributed by atoms with E-state index in [1.165, 1.54) is 4.90 Å². The number of hydrogen-bond donors (Lipinski definition) is 0. The highest BCUT2D eigenvalue weighted by atomic mass is 19.1. The fraction of sp³-hybridized carbons (Fsp3) is 0.389. The Labute approximate surface area is 126 Å². The van der Waals surface area contributed by atoms with Crippen LogP contribution < -0.4 is 0 Å². The van der Waals surface area contributed by atoms with Crippen molar-refractivity contribution in [3.8, 4) is 0 Å². The van der Waals surface area contributed by atoms with Gasteiger partial charge in [-0.25, -0.2) is 4.39 Å². The van der Waals surface area contributed by atoms with Crippen LogP contribution in [0.2, 0.25) is 0 Å². The molecule has 21 heavy (non-hydrogen) atoms. The molecule has 1 heterocycles. The van der Waals surface area contributed by atoms with Gasteiger partial charge in [-0.1, -0.05) is 62.4 Å². The van der Waals surface area contributed by atoms with E-state index in [9.17, 15) is 9.18 Å². The van der Waals surface area contributed by atoms with Crippen LogP contribution in [0.3, 0.4) is 0 Å². The van der Waals surface area contributed by atoms with Gasteiger partial charge in [0, 0.05) is 13.0 Å². The lowest BCUT2D eigenvalue weighted by Gasteiger charge is -2.33. The van der Waals surface area contributed by atoms with E-state index in [-0.39, 0.29) is 12.0 Å². The maximum atomic E-state index is 14.5. The van der Waals surface area contributed by atoms with Crippen LogP contribution in [-0.4, -0.2) is 23.9 Å². The molecule has 2 nitrogen and oxygen atoms in total. The Morgan fingerprint density at radius 3 is 2.43 bits per heavy atom. The molecule has 1 amide bonds. The van der Waals surface area contributed by atoms with Gasteiger partial charge in [-0.2, -0.15) is 0 Å². The Hall–Kier alpha value is -1.90. The third kappa shape index (κ3) is 2.92. The summed E-state index contributed by atoms with van der Waals surface area (Å²) in [7, 11) is 1.68. The molecule has 0 N–H and O–H groups in total. The van der Waals surface area contributed by atoms with Crippen LogP contribution in [0.4, 0.5) is 4.39 Å². The van der Waals surface area contributed by atoms with Crippen molar-refractivity contribution in [2.24, 2.45) is 0 Å². The first-order valence-electron chi connectivity index (χ1n) is 7.53. The molecule has 112 valence electrons. The normalized spacial score (nSPS) is 27.0. The van der Waals surface area contributed by atoms with Crippen molar-refractivity contribution in [3.63, 3.8) is 0 Å². The Kier molecular flexibility index (Phi) is 4.94. The Balaban J connectivity index is 0.000000774. The predicted molar refractivity (Wildman–Crippen MR) is 83.8 cm³/mol. The number of alkyl halides is 1. The molecule has 0 radical (unpaired) electrons. The molecule has 0 aromatic heterocycles. The summed E-state index contributed by atoms with van der Waals surface area (Å²) in [5.74, 6) is -0.299. The number of fused-ring (bicyclic) bond motifs is 4. The Morgan fingerprint density at radius 1 is 1.10 bits per heavy atom. The highest BCUT2D eigenvalue weighted by Gasteiger charge is 2.34. The van der Waals surface area contributed by atoms with E-state index in [2.05, 4.69) is 6.08 Å². The summed E-state index contributed by atoms with van der Waals surface area (Å²) in [5, 5.41) is 0. The van der Waals surface area contributed by atoms with Gasteiger partial charge in [-0.15, -0.1) is 0 Å². The summed E-state index contributed by atoms with van der Waals surface area (Å²) < 4.78 is 14.5. The summed E-state index contributed by atoms with van der Waals surface area (Å²) in [6, 6.07) is 7.30. The van der Waals surface area contributed by atoms with E-state index in [4.69, 9.17) is 0 Å². The molecule has 0 spiro atoms. The highest BCUT2D eigenvalue weighted by Crippen LogP contribution is 2.37. The average Bonchev–Trinajstić information content (AvgIpc) is 2.80. The first-order chi connectivity index (χ1) is 10.2. The molecule has 3 rings (SSSR count). The van der Waals surface area contributed by atoms with Gasteiger partial charge in [0.1, 0.15) is 0 Å². The van der Waals surface area contributed by atoms with E-state index in [1.54, 1.807) is 19.2 Å². The second-order valence-corrected chi connectivity index (χ2v) is 5.12. The highest BCUT2D eigenvalue weighted by molar-refractivity contribution is 5.83. The number of hydrogen-bond acceptors (Lipinski definition) is 1. The maximum Gasteiger partial charge on any atom is 0.262 e. The van der Waals surface area contributed by atoms with Crippen LogP contribution in [0, 0.1) is 0 Å². The van der Waals surface area contributed by atoms with Crippen LogP contribution in [0.15, 0.2) is 48.6 Å². The van der Waals surface area contributed by atoms with Gasteiger partial charge in [-0.3, -0.25) is 4.79 Å². The number of carbonyl (C=O) groups excluding carboxylic acids is 1. The number of halogens is 1. The fourth-order valence-corrected chi connectivity index (χ4v) is 2.88. The summed E-state index contributed by atoms with van der Waals surface area (Å²) >= 11 is 0. The summed E-state index contributed by atoms with van der Waals surface area (Å²) in [4.78, 5) is 13.7. The first-order valence-corrected chi connectivity index (χ1v) is 7.53. The number of allylic oxidation sites excluding steroid dienone is 3. The number of amides is 1. The zero-order valence-electron chi connectivity index (χ0n) is 12.8. The van der Waals surface area contributed by atoms with Gasteiger partial charge in [0.15, 0.2) is 0 Å². The van der Waals surface area contributed by atoms with E-state index < -0.39 is 12.1 Å². The molecular weight excluding hydrogens is 265 g/mol. The zero-order chi connectivity index (χ0) is 15.4. The van der Waals surface area contributed by atoms with E-state index in [0.29, 0.717) is 5.56 Å². The predicted octanol–water partition coefficient (Wildman–Crippen LogP) is 4.16. The number of carbonyl (C=O) groups is 1. The molecule has 1 aromatic carbocycles. The molecule has 1 aliphatic heterocycles. The summed E-state index contributed by atoms with van der Waals surface area (Å²) in [5.41, 5.74) is 1.44. The van der Waals surface area contributed by atoms with Crippen molar-refractivity contribution in [2.75, 3.05) is 7.05 Å². The lowest BCUT2D eigenvalue weighted by molar-refractivity contribution is -0.137. The third-order valence-electron chi connectivity index (χ3n) is 4.01. The van der Waals surface area contributed by atoms with E-state index >= 15 is 0 Å². The van der Waals surface area contributed by atoms with Crippen molar-refractivity contribution < 1.29 is 9.18 Å². The van der Waals surface area contributed by atoms with Crippen LogP contribution in [0.25, 0.3) is 0 Å². The molecule has 1 aromatic rings. The molecule has 2 bridgehead atoms. The van der Waals surface area contributed by atoms with Crippen LogP contribution >= 0.6 is 0 Å². The van der Waals surface area contributed by atoms with Gasteiger partial charge < -0.3 is 4.90 Å². The molecule has 1 aliphatic carbocycles. The van der Waals surface area contributed by atoms with E-state index in [1.807, 2.05) is 44.2 Å². The molecule has 3 heteroatoms. The minimum absolute atomic E-state index is 0.0425. The van der Waals surface area contributed by atoms with Crippen molar-refractivity contribution >= 4 is 5.91 Å². The lowest BCUT2D eigenvalue weighted by atomic mass is 9.85. The molecule has 2 aliphatic rings. The number of likely N-dealkylation sites (N-methyl/N-ethyl adjacent to an activating group) is 1. The fourth-order valence-electron chi connectivity index (χ4n) is 2.88. The Bertz CT molecular complexity index is 564. The number of rotatable bonds is 0. The SMILES string of the molecule is CC.CN1C(=O)[C@@H](F)c2ccccc2C2C=CC=CC1C2. The van der Waals surface area contributed by atoms with Crippen molar-refractivity contribution in [1.29, 1.82) is 0 Å². The van der Waals surface area contributed by atoms with Crippen LogP contribution in [0.1, 0.15) is 43.5 Å². The average molecular weight is 287 g/mol. The van der Waals surface area contributed by atoms with Gasteiger partial charge in [0.25, 0.3) is 5.91 Å². The van der Waals surface area contributed by atoms with Crippen molar-refractivity contribution in [1.82, 2.24) is 4.90 Å². The second kappa shape index (κ2) is 6.70. The molecule has 0 fully saturated rings. The smallest absolute Gasteiger partial charge is 0.262 e. The van der Waals surface area contributed by atoms with Crippen LogP contribution in [-0.2, 0) is 4.79 Å². The molecule has 2 unspecified atom stereocenters. The standard InChI is InChI=1S/C16H16FNO.C2H6/c1-18-12-7-3-2-6-11(10-12)13-8-4-5-9-14(13)15(17)16(18)19;1-2/h2-9,11-12,15H,10H2,1H3;1-2H3/t11?,12?,15-;/m0./s1. The topological polar surface area (TPSA) is 20.3 Å². The van der Waals surface area contributed by atoms with Gasteiger partial charge in [0.05, 0.1) is 6.04 Å². The van der Waals surface area contributed by atoms with Crippen molar-refractivity contribution in [3.05, 3.63) is 59.7 Å². The quantitative estimate of drug-likeness (QED) is 0.701. The minimum atomic E-state index is -1.56. The second-order valence-electron chi connectivity index (χ2n) is 5.12. The van der Waals surface area contributed by atoms with Gasteiger partial charge >= 0.3 is 0 Å². The monoisotopic (exact) mass is 287 g/mol. The number of benzene rings is 1. The van der Waals surface area contributed by atoms with Gasteiger partial charge in [0.2, 0.25) is 6.17 Å². The largest absolute Gasteiger partial charge is 0.336 e. The Morgan fingerprint density at radius 2 is 1.71 bits per heavy atom. The van der Waals surface area contributed by atoms with Crippen molar-refractivity contribution in [2.45, 2.75) is 38.4 Å². The van der Waals surface area contributed by atoms with E-state index in [0.717, 1.165) is 12.0 Å². The molecule has 3 atom stereocenters. The summed E-state index contributed by atoms with van der Waals surface area (Å²) in [6.07, 6.45) is 7.22. The maximum absolute atomic E-state index is 14.5. The van der Waals surface area contributed by atoms with Gasteiger partial charge in [-0.05, 0) is 17.5 Å². The summed E-state index contributed by atoms with van der Waals surface area (Å²) in [6.45, 7) is 4.00. The molecular formula is C18H22FNO. The van der Waals surface area contributed by atoms with Crippen LogP contribution in [0.5, 0.6) is 0 Å². The number of nitrogens with zero attached hydrogens (tertiary/aromatic N) is 1. The first kappa shape index (κ1) is 15.5. The zero-order valence-corrected chi connectivity index (χ0v) is 12.8.